The number of amides is 1. The van der Waals surface area contributed by atoms with Crippen LogP contribution in [0.4, 0.5) is 0 Å². The van der Waals surface area contributed by atoms with Crippen LogP contribution in [0.15, 0.2) is 39.8 Å². The molecule has 6 nitrogen and oxygen atoms in total. The molecule has 1 N–H and O–H groups in total. The van der Waals surface area contributed by atoms with Crippen molar-refractivity contribution in [2.45, 2.75) is 43.0 Å². The smallest absolute Gasteiger partial charge is 0.220 e. The van der Waals surface area contributed by atoms with E-state index < -0.39 is 9.84 Å². The van der Waals surface area contributed by atoms with Gasteiger partial charge in [0.2, 0.25) is 5.91 Å². The minimum absolute atomic E-state index is 0.0250. The fraction of sp³-hybridized carbons (Fsp3) is 0.444. The highest BCUT2D eigenvalue weighted by molar-refractivity contribution is 9.10. The molecule has 0 saturated heterocycles. The fourth-order valence-corrected chi connectivity index (χ4v) is 4.88. The average Bonchev–Trinajstić information content (AvgIpc) is 2.97. The van der Waals surface area contributed by atoms with Gasteiger partial charge in [-0.25, -0.2) is 8.42 Å². The van der Waals surface area contributed by atoms with Gasteiger partial charge in [-0.2, -0.15) is 5.10 Å². The van der Waals surface area contributed by atoms with Crippen LogP contribution in [-0.4, -0.2) is 29.9 Å². The highest BCUT2D eigenvalue weighted by Crippen LogP contribution is 2.29. The minimum atomic E-state index is -3.37. The van der Waals surface area contributed by atoms with E-state index in [1.165, 1.54) is 5.69 Å². The van der Waals surface area contributed by atoms with Crippen LogP contribution >= 0.6 is 15.9 Å². The van der Waals surface area contributed by atoms with Crippen molar-refractivity contribution in [2.24, 2.45) is 7.05 Å². The summed E-state index contributed by atoms with van der Waals surface area (Å²) in [6.07, 6.45) is 5.19. The number of sulfone groups is 1. The predicted octanol–water partition coefficient (Wildman–Crippen LogP) is 2.93. The van der Waals surface area contributed by atoms with E-state index in [0.717, 1.165) is 29.3 Å². The molecule has 8 heteroatoms. The van der Waals surface area contributed by atoms with Crippen LogP contribution in [0.5, 0.6) is 0 Å². The van der Waals surface area contributed by atoms with E-state index in [4.69, 9.17) is 0 Å². The van der Waals surface area contributed by atoms with Crippen molar-refractivity contribution >= 4 is 31.7 Å². The Labute approximate surface area is 162 Å². The van der Waals surface area contributed by atoms with E-state index in [1.54, 1.807) is 24.3 Å². The van der Waals surface area contributed by atoms with E-state index in [2.05, 4.69) is 26.3 Å². The molecule has 1 heterocycles. The highest BCUT2D eigenvalue weighted by atomic mass is 79.9. The molecule has 1 unspecified atom stereocenters. The number of carbonyl (C=O) groups is 1. The largest absolute Gasteiger partial charge is 0.349 e. The topological polar surface area (TPSA) is 81.1 Å². The number of aryl methyl sites for hydroxylation is 1. The van der Waals surface area contributed by atoms with Gasteiger partial charge in [-0.05, 0) is 49.9 Å². The summed E-state index contributed by atoms with van der Waals surface area (Å²) >= 11 is 3.29. The molecule has 0 fully saturated rings. The van der Waals surface area contributed by atoms with E-state index in [-0.39, 0.29) is 29.0 Å². The number of fused-ring (bicyclic) bond motifs is 1. The standard InChI is InChI=1S/C18H22BrN3O3S/c1-22-17-5-2-4-16(15(17)12-20-22)21-18(23)6-3-11-26(24,25)14-9-7-13(19)8-10-14/h7-10,12,16H,2-6,11H2,1H3,(H,21,23). The third kappa shape index (κ3) is 4.35. The summed E-state index contributed by atoms with van der Waals surface area (Å²) in [6.45, 7) is 0. The highest BCUT2D eigenvalue weighted by Gasteiger charge is 2.24. The van der Waals surface area contributed by atoms with Gasteiger partial charge in [-0.3, -0.25) is 9.48 Å². The second kappa shape index (κ2) is 7.92. The molecule has 1 aromatic carbocycles. The number of rotatable bonds is 6. The Kier molecular flexibility index (Phi) is 5.82. The molecular formula is C18H22BrN3O3S. The normalized spacial score (nSPS) is 16.9. The van der Waals surface area contributed by atoms with Crippen LogP contribution in [0.2, 0.25) is 0 Å². The summed E-state index contributed by atoms with van der Waals surface area (Å²) in [5.74, 6) is -0.150. The van der Waals surface area contributed by atoms with E-state index in [1.807, 2.05) is 17.9 Å². The maximum atomic E-state index is 12.3. The number of nitrogens with one attached hydrogen (secondary N) is 1. The lowest BCUT2D eigenvalue weighted by Crippen LogP contribution is -2.31. The third-order valence-electron chi connectivity index (χ3n) is 4.70. The Bertz CT molecular complexity index is 891. The summed E-state index contributed by atoms with van der Waals surface area (Å²) < 4.78 is 27.3. The van der Waals surface area contributed by atoms with Gasteiger partial charge in [-0.1, -0.05) is 15.9 Å². The van der Waals surface area contributed by atoms with Crippen molar-refractivity contribution in [3.8, 4) is 0 Å². The Morgan fingerprint density at radius 2 is 2.08 bits per heavy atom. The van der Waals surface area contributed by atoms with Gasteiger partial charge in [0.15, 0.2) is 9.84 Å². The molecule has 1 aliphatic rings. The van der Waals surface area contributed by atoms with Crippen LogP contribution in [0.3, 0.4) is 0 Å². The van der Waals surface area contributed by atoms with Crippen LogP contribution in [-0.2, 0) is 28.1 Å². The van der Waals surface area contributed by atoms with Crippen LogP contribution in [0.1, 0.15) is 43.0 Å². The molecule has 0 radical (unpaired) electrons. The molecule has 1 aliphatic carbocycles. The second-order valence-electron chi connectivity index (χ2n) is 6.56. The Morgan fingerprint density at radius 3 is 2.81 bits per heavy atom. The molecule has 0 bridgehead atoms. The number of aromatic nitrogens is 2. The number of carbonyl (C=O) groups excluding carboxylic acids is 1. The molecule has 0 saturated carbocycles. The zero-order valence-corrected chi connectivity index (χ0v) is 17.0. The molecule has 140 valence electrons. The van der Waals surface area contributed by atoms with Crippen LogP contribution < -0.4 is 5.32 Å². The molecule has 3 rings (SSSR count). The zero-order valence-electron chi connectivity index (χ0n) is 14.6. The number of hydrogen-bond acceptors (Lipinski definition) is 4. The predicted molar refractivity (Wildman–Crippen MR) is 102 cm³/mol. The maximum absolute atomic E-state index is 12.3. The van der Waals surface area contributed by atoms with Crippen LogP contribution in [0, 0.1) is 0 Å². The monoisotopic (exact) mass is 439 g/mol. The summed E-state index contributed by atoms with van der Waals surface area (Å²) in [5, 5.41) is 7.30. The summed E-state index contributed by atoms with van der Waals surface area (Å²) in [4.78, 5) is 12.5. The van der Waals surface area contributed by atoms with Crippen LogP contribution in [0.25, 0.3) is 0 Å². The maximum Gasteiger partial charge on any atom is 0.220 e. The SMILES string of the molecule is Cn1ncc2c1CCCC2NC(=O)CCCS(=O)(=O)c1ccc(Br)cc1. The lowest BCUT2D eigenvalue weighted by atomic mass is 9.93. The van der Waals surface area contributed by atoms with Gasteiger partial charge in [0.25, 0.3) is 0 Å². The number of nitrogens with zero attached hydrogens (tertiary/aromatic N) is 2. The molecule has 0 spiro atoms. The first-order chi connectivity index (χ1) is 12.4. The van der Waals surface area contributed by atoms with Gasteiger partial charge in [-0.15, -0.1) is 0 Å². The molecule has 1 aromatic heterocycles. The lowest BCUT2D eigenvalue weighted by Gasteiger charge is -2.23. The molecular weight excluding hydrogens is 418 g/mol. The first-order valence-corrected chi connectivity index (χ1v) is 11.1. The zero-order chi connectivity index (χ0) is 18.7. The fourth-order valence-electron chi connectivity index (χ4n) is 3.31. The van der Waals surface area contributed by atoms with Crippen molar-refractivity contribution in [3.63, 3.8) is 0 Å². The number of hydrogen-bond donors (Lipinski definition) is 1. The summed E-state index contributed by atoms with van der Waals surface area (Å²) in [6, 6.07) is 6.53. The lowest BCUT2D eigenvalue weighted by molar-refractivity contribution is -0.121. The number of halogens is 1. The Balaban J connectivity index is 1.53. The quantitative estimate of drug-likeness (QED) is 0.749. The van der Waals surface area contributed by atoms with Gasteiger partial charge in [0, 0.05) is 29.2 Å². The van der Waals surface area contributed by atoms with Crippen molar-refractivity contribution in [1.82, 2.24) is 15.1 Å². The van der Waals surface area contributed by atoms with Gasteiger partial charge in [0.1, 0.15) is 0 Å². The van der Waals surface area contributed by atoms with Crippen molar-refractivity contribution in [1.29, 1.82) is 0 Å². The second-order valence-corrected chi connectivity index (χ2v) is 9.58. The van der Waals surface area contributed by atoms with Gasteiger partial charge >= 0.3 is 0 Å². The number of benzene rings is 1. The molecule has 2 aromatic rings. The first-order valence-electron chi connectivity index (χ1n) is 8.65. The molecule has 0 aliphatic heterocycles. The Morgan fingerprint density at radius 1 is 1.35 bits per heavy atom. The third-order valence-corrected chi connectivity index (χ3v) is 7.05. The summed E-state index contributed by atoms with van der Waals surface area (Å²) in [5.41, 5.74) is 2.24. The molecule has 26 heavy (non-hydrogen) atoms. The van der Waals surface area contributed by atoms with Crippen molar-refractivity contribution in [3.05, 3.63) is 46.2 Å². The van der Waals surface area contributed by atoms with E-state index >= 15 is 0 Å². The van der Waals surface area contributed by atoms with Crippen molar-refractivity contribution in [2.75, 3.05) is 5.75 Å². The molecule has 1 atom stereocenters. The van der Waals surface area contributed by atoms with E-state index in [0.29, 0.717) is 6.42 Å². The first kappa shape index (κ1) is 19.1. The van der Waals surface area contributed by atoms with Crippen molar-refractivity contribution < 1.29 is 13.2 Å². The van der Waals surface area contributed by atoms with Gasteiger partial charge in [0.05, 0.1) is 22.9 Å². The average molecular weight is 440 g/mol. The molecule has 1 amide bonds. The summed E-state index contributed by atoms with van der Waals surface area (Å²) in [7, 11) is -1.45. The minimum Gasteiger partial charge on any atom is -0.349 e. The van der Waals surface area contributed by atoms with Gasteiger partial charge < -0.3 is 5.32 Å². The van der Waals surface area contributed by atoms with E-state index in [9.17, 15) is 13.2 Å². The Hall–Kier alpha value is -1.67.